The van der Waals surface area contributed by atoms with E-state index in [9.17, 15) is 9.59 Å². The van der Waals surface area contributed by atoms with E-state index in [0.717, 1.165) is 16.5 Å². The Balaban J connectivity index is 1.64. The van der Waals surface area contributed by atoms with Gasteiger partial charge in [-0.05, 0) is 54.3 Å². The van der Waals surface area contributed by atoms with Crippen LogP contribution in [0.25, 0.3) is 10.9 Å². The second-order valence-corrected chi connectivity index (χ2v) is 7.47. The van der Waals surface area contributed by atoms with Gasteiger partial charge in [0.1, 0.15) is 5.76 Å². The Morgan fingerprint density at radius 3 is 2.70 bits per heavy atom. The zero-order chi connectivity index (χ0) is 21.1. The fourth-order valence-corrected chi connectivity index (χ4v) is 3.41. The molecule has 7 heteroatoms. The molecule has 0 aliphatic carbocycles. The molecule has 0 bridgehead atoms. The highest BCUT2D eigenvalue weighted by atomic mass is 35.5. The first-order valence-corrected chi connectivity index (χ1v) is 9.83. The van der Waals surface area contributed by atoms with E-state index in [1.54, 1.807) is 42.7 Å². The maximum Gasteiger partial charge on any atom is 0.322 e. The molecule has 2 amide bonds. The van der Waals surface area contributed by atoms with Crippen molar-refractivity contribution in [1.82, 2.24) is 9.88 Å². The van der Waals surface area contributed by atoms with Crippen LogP contribution in [-0.2, 0) is 13.1 Å². The maximum absolute atomic E-state index is 13.0. The molecule has 4 aromatic rings. The van der Waals surface area contributed by atoms with Gasteiger partial charge >= 0.3 is 6.03 Å². The van der Waals surface area contributed by atoms with Crippen LogP contribution in [0.4, 0.5) is 10.5 Å². The number of fused-ring (bicyclic) bond motifs is 1. The Morgan fingerprint density at radius 2 is 1.93 bits per heavy atom. The van der Waals surface area contributed by atoms with Gasteiger partial charge in [0.15, 0.2) is 0 Å². The normalized spacial score (nSPS) is 10.9. The van der Waals surface area contributed by atoms with E-state index in [2.05, 4.69) is 10.3 Å². The number of furan rings is 1. The van der Waals surface area contributed by atoms with Gasteiger partial charge in [-0.1, -0.05) is 35.9 Å². The topological polar surface area (TPSA) is 78.3 Å². The second kappa shape index (κ2) is 8.47. The lowest BCUT2D eigenvalue weighted by molar-refractivity contribution is 0.201. The van der Waals surface area contributed by atoms with Crippen LogP contribution in [-0.4, -0.2) is 15.9 Å². The number of hydrogen-bond donors (Lipinski definition) is 2. The lowest BCUT2D eigenvalue weighted by Gasteiger charge is -2.22. The summed E-state index contributed by atoms with van der Waals surface area (Å²) in [6.07, 6.45) is 1.55. The smallest absolute Gasteiger partial charge is 0.322 e. The van der Waals surface area contributed by atoms with Gasteiger partial charge in [0, 0.05) is 11.1 Å². The molecule has 4 rings (SSSR count). The number of amides is 2. The third kappa shape index (κ3) is 4.39. The summed E-state index contributed by atoms with van der Waals surface area (Å²) in [7, 11) is 0. The summed E-state index contributed by atoms with van der Waals surface area (Å²) in [4.78, 5) is 30.1. The van der Waals surface area contributed by atoms with Gasteiger partial charge in [0.25, 0.3) is 5.56 Å². The van der Waals surface area contributed by atoms with E-state index < -0.39 is 0 Å². The molecule has 0 atom stereocenters. The number of aromatic amines is 1. The summed E-state index contributed by atoms with van der Waals surface area (Å²) in [6.45, 7) is 2.28. The molecular formula is C23H20ClN3O3. The molecule has 0 aliphatic heterocycles. The first-order valence-electron chi connectivity index (χ1n) is 9.45. The van der Waals surface area contributed by atoms with E-state index in [4.69, 9.17) is 16.0 Å². The van der Waals surface area contributed by atoms with E-state index in [-0.39, 0.29) is 24.7 Å². The van der Waals surface area contributed by atoms with Gasteiger partial charge in [0.2, 0.25) is 0 Å². The molecule has 0 saturated carbocycles. The molecule has 0 spiro atoms. The van der Waals surface area contributed by atoms with Crippen molar-refractivity contribution in [3.63, 3.8) is 0 Å². The lowest BCUT2D eigenvalue weighted by Crippen LogP contribution is -2.35. The number of hydrogen-bond acceptors (Lipinski definition) is 3. The molecule has 2 aromatic carbocycles. The summed E-state index contributed by atoms with van der Waals surface area (Å²) in [6, 6.07) is 17.8. The van der Waals surface area contributed by atoms with Crippen molar-refractivity contribution in [1.29, 1.82) is 0 Å². The van der Waals surface area contributed by atoms with Gasteiger partial charge in [-0.2, -0.15) is 0 Å². The van der Waals surface area contributed by atoms with Gasteiger partial charge in [-0.3, -0.25) is 4.79 Å². The van der Waals surface area contributed by atoms with Crippen LogP contribution < -0.4 is 10.9 Å². The van der Waals surface area contributed by atoms with Gasteiger partial charge in [-0.15, -0.1) is 0 Å². The SMILES string of the molecule is Cc1ccc2cc(CN(Cc3ccco3)C(=O)Nc3ccccc3Cl)c(=O)[nH]c2c1. The minimum Gasteiger partial charge on any atom is -0.467 e. The number of H-pyrrole nitrogens is 1. The van der Waals surface area contributed by atoms with Crippen molar-refractivity contribution < 1.29 is 9.21 Å². The van der Waals surface area contributed by atoms with Crippen LogP contribution in [0, 0.1) is 6.92 Å². The number of aromatic nitrogens is 1. The van der Waals surface area contributed by atoms with Crippen molar-refractivity contribution in [2.75, 3.05) is 5.32 Å². The predicted molar refractivity (Wildman–Crippen MR) is 118 cm³/mol. The molecule has 2 heterocycles. The number of para-hydroxylation sites is 1. The molecule has 30 heavy (non-hydrogen) atoms. The number of nitrogens with zero attached hydrogens (tertiary/aromatic N) is 1. The van der Waals surface area contributed by atoms with Crippen molar-refractivity contribution in [2.45, 2.75) is 20.0 Å². The zero-order valence-corrected chi connectivity index (χ0v) is 17.1. The summed E-state index contributed by atoms with van der Waals surface area (Å²) in [5.41, 5.74) is 2.57. The number of pyridine rings is 1. The number of halogens is 1. The van der Waals surface area contributed by atoms with Gasteiger partial charge in [-0.25, -0.2) is 4.79 Å². The first kappa shape index (κ1) is 19.8. The highest BCUT2D eigenvalue weighted by Crippen LogP contribution is 2.22. The summed E-state index contributed by atoms with van der Waals surface area (Å²) >= 11 is 6.17. The molecule has 0 radical (unpaired) electrons. The van der Waals surface area contributed by atoms with E-state index >= 15 is 0 Å². The van der Waals surface area contributed by atoms with Crippen molar-refractivity contribution in [3.05, 3.63) is 99.2 Å². The zero-order valence-electron chi connectivity index (χ0n) is 16.3. The molecule has 2 aromatic heterocycles. The van der Waals surface area contributed by atoms with Crippen LogP contribution in [0.2, 0.25) is 5.02 Å². The Bertz CT molecular complexity index is 1250. The maximum atomic E-state index is 13.0. The summed E-state index contributed by atoms with van der Waals surface area (Å²) in [5.74, 6) is 0.608. The standard InChI is InChI=1S/C23H20ClN3O3/c1-15-8-9-16-12-17(22(28)25-21(16)11-15)13-27(14-18-5-4-10-30-18)23(29)26-20-7-3-2-6-19(20)24/h2-12H,13-14H2,1H3,(H,25,28)(H,26,29). The number of carbonyl (C=O) groups excluding carboxylic acids is 1. The quantitative estimate of drug-likeness (QED) is 0.458. The average Bonchev–Trinajstić information content (AvgIpc) is 3.23. The van der Waals surface area contributed by atoms with Crippen LogP contribution in [0.5, 0.6) is 0 Å². The average molecular weight is 422 g/mol. The molecule has 0 aliphatic rings. The minimum absolute atomic E-state index is 0.107. The third-order valence-electron chi connectivity index (χ3n) is 4.77. The highest BCUT2D eigenvalue weighted by molar-refractivity contribution is 6.33. The number of aryl methyl sites for hydroxylation is 1. The molecule has 2 N–H and O–H groups in total. The Hall–Kier alpha value is -3.51. The van der Waals surface area contributed by atoms with Crippen molar-refractivity contribution >= 4 is 34.2 Å². The summed E-state index contributed by atoms with van der Waals surface area (Å²) in [5, 5.41) is 4.14. The third-order valence-corrected chi connectivity index (χ3v) is 5.10. The fraction of sp³-hybridized carbons (Fsp3) is 0.130. The first-order chi connectivity index (χ1) is 14.5. The van der Waals surface area contributed by atoms with Gasteiger partial charge in [0.05, 0.1) is 30.1 Å². The van der Waals surface area contributed by atoms with Crippen molar-refractivity contribution in [2.24, 2.45) is 0 Å². The number of benzene rings is 2. The minimum atomic E-state index is -0.386. The number of anilines is 1. The Kier molecular flexibility index (Phi) is 5.59. The van der Waals surface area contributed by atoms with E-state index in [1.807, 2.05) is 31.2 Å². The second-order valence-electron chi connectivity index (χ2n) is 7.06. The molecule has 6 nitrogen and oxygen atoms in total. The van der Waals surface area contributed by atoms with E-state index in [1.165, 1.54) is 4.90 Å². The monoisotopic (exact) mass is 421 g/mol. The lowest BCUT2D eigenvalue weighted by atomic mass is 10.1. The summed E-state index contributed by atoms with van der Waals surface area (Å²) < 4.78 is 5.41. The molecule has 0 saturated heterocycles. The number of nitrogens with one attached hydrogen (secondary N) is 2. The fourth-order valence-electron chi connectivity index (χ4n) is 3.23. The number of carbonyl (C=O) groups is 1. The predicted octanol–water partition coefficient (Wildman–Crippen LogP) is 5.32. The Morgan fingerprint density at radius 1 is 1.10 bits per heavy atom. The van der Waals surface area contributed by atoms with Crippen molar-refractivity contribution in [3.8, 4) is 0 Å². The van der Waals surface area contributed by atoms with Crippen LogP contribution >= 0.6 is 11.6 Å². The van der Waals surface area contributed by atoms with Crippen LogP contribution in [0.3, 0.4) is 0 Å². The van der Waals surface area contributed by atoms with Gasteiger partial charge < -0.3 is 19.6 Å². The highest BCUT2D eigenvalue weighted by Gasteiger charge is 2.19. The number of urea groups is 1. The van der Waals surface area contributed by atoms with Crippen LogP contribution in [0.1, 0.15) is 16.9 Å². The largest absolute Gasteiger partial charge is 0.467 e. The van der Waals surface area contributed by atoms with E-state index in [0.29, 0.717) is 22.0 Å². The van der Waals surface area contributed by atoms with Crippen LogP contribution in [0.15, 0.2) is 76.1 Å². The Labute approximate surface area is 178 Å². The molecule has 0 unspecified atom stereocenters. The molecule has 0 fully saturated rings. The molecular weight excluding hydrogens is 402 g/mol. The molecule has 152 valence electrons. The number of rotatable bonds is 5.